The Bertz CT molecular complexity index is 109. The minimum Gasteiger partial charge on any atom is -0.314 e. The maximum atomic E-state index is 10.0. The van der Waals surface area contributed by atoms with Crippen molar-refractivity contribution in [1.29, 1.82) is 0 Å². The molecule has 0 saturated carbocycles. The lowest BCUT2D eigenvalue weighted by molar-refractivity contribution is 0.219. The Morgan fingerprint density at radius 2 is 2.40 bits per heavy atom. The molecule has 0 aromatic heterocycles. The maximum absolute atomic E-state index is 10.0. The third-order valence-electron chi connectivity index (χ3n) is 0.928. The van der Waals surface area contributed by atoms with Crippen LogP contribution in [-0.4, -0.2) is 28.0 Å². The van der Waals surface area contributed by atoms with Gasteiger partial charge in [-0.3, -0.25) is 8.74 Å². The van der Waals surface area contributed by atoms with Crippen molar-refractivity contribution in [1.82, 2.24) is 5.32 Å². The molecular formula is C5H13NO3S. The van der Waals surface area contributed by atoms with Crippen molar-refractivity contribution >= 4 is 11.4 Å². The molecule has 0 saturated heterocycles. The summed E-state index contributed by atoms with van der Waals surface area (Å²) >= 11 is -2.14. The van der Waals surface area contributed by atoms with Crippen LogP contribution in [0.3, 0.4) is 0 Å². The van der Waals surface area contributed by atoms with Gasteiger partial charge in [-0.2, -0.15) is 4.21 Å². The molecule has 4 nitrogen and oxygen atoms in total. The SMILES string of the molecule is CCNCC(C)OS(=O)O. The summed E-state index contributed by atoms with van der Waals surface area (Å²) < 4.78 is 22.8. The second-order valence-corrected chi connectivity index (χ2v) is 2.56. The predicted octanol–water partition coefficient (Wildman–Crippen LogP) is 0.138. The highest BCUT2D eigenvalue weighted by Gasteiger charge is 2.03. The minimum atomic E-state index is -2.14. The van der Waals surface area contributed by atoms with Crippen molar-refractivity contribution < 1.29 is 12.9 Å². The monoisotopic (exact) mass is 167 g/mol. The highest BCUT2D eigenvalue weighted by atomic mass is 32.2. The molecule has 0 aliphatic heterocycles. The molecular weight excluding hydrogens is 154 g/mol. The third kappa shape index (κ3) is 6.15. The molecule has 0 spiro atoms. The highest BCUT2D eigenvalue weighted by molar-refractivity contribution is 7.74. The first-order valence-corrected chi connectivity index (χ1v) is 4.18. The lowest BCUT2D eigenvalue weighted by Crippen LogP contribution is -2.26. The van der Waals surface area contributed by atoms with Crippen LogP contribution >= 0.6 is 0 Å². The van der Waals surface area contributed by atoms with E-state index in [1.165, 1.54) is 0 Å². The van der Waals surface area contributed by atoms with Crippen LogP contribution in [0.1, 0.15) is 13.8 Å². The van der Waals surface area contributed by atoms with Crippen molar-refractivity contribution in [2.75, 3.05) is 13.1 Å². The molecule has 0 amide bonds. The van der Waals surface area contributed by atoms with Crippen LogP contribution in [0, 0.1) is 0 Å². The predicted molar refractivity (Wildman–Crippen MR) is 39.9 cm³/mol. The van der Waals surface area contributed by atoms with Crippen molar-refractivity contribution in [2.24, 2.45) is 0 Å². The van der Waals surface area contributed by atoms with E-state index in [1.54, 1.807) is 6.92 Å². The fourth-order valence-electron chi connectivity index (χ4n) is 0.522. The smallest absolute Gasteiger partial charge is 0.302 e. The van der Waals surface area contributed by atoms with Gasteiger partial charge in [0, 0.05) is 6.54 Å². The maximum Gasteiger partial charge on any atom is 0.302 e. The molecule has 0 aromatic rings. The summed E-state index contributed by atoms with van der Waals surface area (Å²) in [5, 5.41) is 2.98. The zero-order chi connectivity index (χ0) is 7.98. The van der Waals surface area contributed by atoms with E-state index in [9.17, 15) is 4.21 Å². The molecule has 0 aliphatic carbocycles. The van der Waals surface area contributed by atoms with E-state index in [4.69, 9.17) is 4.55 Å². The largest absolute Gasteiger partial charge is 0.314 e. The van der Waals surface area contributed by atoms with Crippen LogP contribution in [0.5, 0.6) is 0 Å². The van der Waals surface area contributed by atoms with Crippen LogP contribution < -0.4 is 5.32 Å². The molecule has 62 valence electrons. The number of likely N-dealkylation sites (N-methyl/N-ethyl adjacent to an activating group) is 1. The van der Waals surface area contributed by atoms with E-state index in [0.717, 1.165) is 6.54 Å². The Balaban J connectivity index is 3.25. The molecule has 0 radical (unpaired) electrons. The van der Waals surface area contributed by atoms with Gasteiger partial charge in [0.25, 0.3) is 0 Å². The van der Waals surface area contributed by atoms with Crippen LogP contribution in [-0.2, 0) is 15.5 Å². The summed E-state index contributed by atoms with van der Waals surface area (Å²) in [6.07, 6.45) is -0.217. The van der Waals surface area contributed by atoms with Gasteiger partial charge in [0.15, 0.2) is 0 Å². The first-order chi connectivity index (χ1) is 4.66. The average Bonchev–Trinajstić information content (AvgIpc) is 1.82. The molecule has 0 aliphatic rings. The first-order valence-electron chi connectivity index (χ1n) is 3.15. The summed E-state index contributed by atoms with van der Waals surface area (Å²) in [4.78, 5) is 0. The Morgan fingerprint density at radius 3 is 2.80 bits per heavy atom. The standard InChI is InChI=1S/C5H13NO3S/c1-3-6-4-5(2)9-10(7)8/h5-6H,3-4H2,1-2H3,(H,7,8). The average molecular weight is 167 g/mol. The lowest BCUT2D eigenvalue weighted by Gasteiger charge is -2.08. The van der Waals surface area contributed by atoms with Gasteiger partial charge in [-0.15, -0.1) is 0 Å². The van der Waals surface area contributed by atoms with Crippen molar-refractivity contribution in [3.05, 3.63) is 0 Å². The fourth-order valence-corrected chi connectivity index (χ4v) is 0.871. The second-order valence-electron chi connectivity index (χ2n) is 1.93. The van der Waals surface area contributed by atoms with E-state index in [0.29, 0.717) is 6.54 Å². The molecule has 0 bridgehead atoms. The lowest BCUT2D eigenvalue weighted by atomic mass is 10.4. The van der Waals surface area contributed by atoms with E-state index in [-0.39, 0.29) is 6.10 Å². The van der Waals surface area contributed by atoms with Crippen molar-refractivity contribution in [3.63, 3.8) is 0 Å². The zero-order valence-electron chi connectivity index (χ0n) is 6.16. The molecule has 0 fully saturated rings. The number of hydrogen-bond acceptors (Lipinski definition) is 3. The van der Waals surface area contributed by atoms with Crippen LogP contribution in [0.25, 0.3) is 0 Å². The quantitative estimate of drug-likeness (QED) is 0.572. The van der Waals surface area contributed by atoms with Gasteiger partial charge in [-0.25, -0.2) is 0 Å². The van der Waals surface area contributed by atoms with Crippen LogP contribution in [0.2, 0.25) is 0 Å². The highest BCUT2D eigenvalue weighted by Crippen LogP contribution is 1.89. The normalized spacial score (nSPS) is 16.7. The molecule has 0 rings (SSSR count). The summed E-state index contributed by atoms with van der Waals surface area (Å²) in [6, 6.07) is 0. The fraction of sp³-hybridized carbons (Fsp3) is 1.00. The molecule has 0 heterocycles. The minimum absolute atomic E-state index is 0.217. The summed E-state index contributed by atoms with van der Waals surface area (Å²) in [7, 11) is 0. The second kappa shape index (κ2) is 5.79. The Kier molecular flexibility index (Phi) is 5.81. The van der Waals surface area contributed by atoms with E-state index in [1.807, 2.05) is 6.92 Å². The molecule has 2 atom stereocenters. The molecule has 2 unspecified atom stereocenters. The number of rotatable bonds is 5. The summed E-state index contributed by atoms with van der Waals surface area (Å²) in [6.45, 7) is 5.13. The Hall–Kier alpha value is 0.0300. The van der Waals surface area contributed by atoms with E-state index >= 15 is 0 Å². The Morgan fingerprint density at radius 1 is 1.80 bits per heavy atom. The van der Waals surface area contributed by atoms with Gasteiger partial charge in [-0.1, -0.05) is 6.92 Å². The van der Waals surface area contributed by atoms with Gasteiger partial charge >= 0.3 is 11.4 Å². The van der Waals surface area contributed by atoms with Crippen molar-refractivity contribution in [3.8, 4) is 0 Å². The molecule has 2 N–H and O–H groups in total. The third-order valence-corrected chi connectivity index (χ3v) is 1.42. The first kappa shape index (κ1) is 10.0. The molecule has 0 aromatic carbocycles. The summed E-state index contributed by atoms with van der Waals surface area (Å²) in [5.41, 5.74) is 0. The molecule has 10 heavy (non-hydrogen) atoms. The Labute approximate surface area is 63.4 Å². The number of nitrogens with one attached hydrogen (secondary N) is 1. The van der Waals surface area contributed by atoms with Gasteiger partial charge in [0.05, 0.1) is 6.10 Å². The molecule has 5 heteroatoms. The zero-order valence-corrected chi connectivity index (χ0v) is 6.98. The van der Waals surface area contributed by atoms with Gasteiger partial charge < -0.3 is 5.32 Å². The van der Waals surface area contributed by atoms with Crippen molar-refractivity contribution in [2.45, 2.75) is 20.0 Å². The van der Waals surface area contributed by atoms with Gasteiger partial charge in [0.1, 0.15) is 0 Å². The van der Waals surface area contributed by atoms with Gasteiger partial charge in [-0.05, 0) is 13.5 Å². The van der Waals surface area contributed by atoms with Gasteiger partial charge in [0.2, 0.25) is 0 Å². The summed E-state index contributed by atoms with van der Waals surface area (Å²) in [5.74, 6) is 0. The topological polar surface area (TPSA) is 58.6 Å². The van der Waals surface area contributed by atoms with E-state index < -0.39 is 11.4 Å². The van der Waals surface area contributed by atoms with E-state index in [2.05, 4.69) is 9.50 Å². The van der Waals surface area contributed by atoms with Crippen LogP contribution in [0.15, 0.2) is 0 Å². The number of hydrogen-bond donors (Lipinski definition) is 2. The van der Waals surface area contributed by atoms with Crippen LogP contribution in [0.4, 0.5) is 0 Å².